The number of allylic oxidation sites excluding steroid dienone is 3. The summed E-state index contributed by atoms with van der Waals surface area (Å²) in [6.07, 6.45) is 8.60. The SMILES string of the molecule is C=C1C=CC(C)C(C)C(/C=C\C)N1. The third-order valence-electron chi connectivity index (χ3n) is 2.75. The van der Waals surface area contributed by atoms with Gasteiger partial charge in [0.1, 0.15) is 0 Å². The van der Waals surface area contributed by atoms with E-state index >= 15 is 0 Å². The molecule has 1 N–H and O–H groups in total. The summed E-state index contributed by atoms with van der Waals surface area (Å²) in [6, 6.07) is 0.419. The monoisotopic (exact) mass is 177 g/mol. The van der Waals surface area contributed by atoms with Crippen LogP contribution < -0.4 is 5.32 Å². The second-order valence-corrected chi connectivity index (χ2v) is 3.80. The minimum absolute atomic E-state index is 0.419. The molecule has 0 radical (unpaired) electrons. The molecule has 3 atom stereocenters. The van der Waals surface area contributed by atoms with Crippen molar-refractivity contribution < 1.29 is 0 Å². The van der Waals surface area contributed by atoms with Gasteiger partial charge in [-0.3, -0.25) is 0 Å². The lowest BCUT2D eigenvalue weighted by Crippen LogP contribution is -2.32. The maximum atomic E-state index is 3.94. The predicted octanol–water partition coefficient (Wildman–Crippen LogP) is 2.88. The van der Waals surface area contributed by atoms with Gasteiger partial charge in [-0.15, -0.1) is 0 Å². The Morgan fingerprint density at radius 1 is 1.46 bits per heavy atom. The summed E-state index contributed by atoms with van der Waals surface area (Å²) >= 11 is 0. The molecular weight excluding hydrogens is 158 g/mol. The molecule has 0 aromatic carbocycles. The number of hydrogen-bond acceptors (Lipinski definition) is 1. The van der Waals surface area contributed by atoms with Crippen LogP contribution in [0.4, 0.5) is 0 Å². The molecule has 0 saturated heterocycles. The second-order valence-electron chi connectivity index (χ2n) is 3.80. The van der Waals surface area contributed by atoms with Gasteiger partial charge in [0.25, 0.3) is 0 Å². The van der Waals surface area contributed by atoms with Crippen LogP contribution in [0.15, 0.2) is 36.6 Å². The molecule has 1 heterocycles. The van der Waals surface area contributed by atoms with Gasteiger partial charge in [-0.25, -0.2) is 0 Å². The molecule has 0 aromatic heterocycles. The van der Waals surface area contributed by atoms with E-state index in [4.69, 9.17) is 0 Å². The summed E-state index contributed by atoms with van der Waals surface area (Å²) < 4.78 is 0. The zero-order valence-electron chi connectivity index (χ0n) is 8.75. The van der Waals surface area contributed by atoms with E-state index in [0.29, 0.717) is 17.9 Å². The Kier molecular flexibility index (Phi) is 3.35. The first-order chi connectivity index (χ1) is 6.15. The zero-order chi connectivity index (χ0) is 9.84. The van der Waals surface area contributed by atoms with Gasteiger partial charge in [-0.1, -0.05) is 38.7 Å². The molecule has 0 aliphatic carbocycles. The lowest BCUT2D eigenvalue weighted by molar-refractivity contribution is 0.393. The molecule has 72 valence electrons. The van der Waals surface area contributed by atoms with E-state index in [1.54, 1.807) is 0 Å². The van der Waals surface area contributed by atoms with Gasteiger partial charge >= 0.3 is 0 Å². The summed E-state index contributed by atoms with van der Waals surface area (Å²) in [6.45, 7) is 10.5. The van der Waals surface area contributed by atoms with E-state index in [2.05, 4.69) is 57.0 Å². The summed E-state index contributed by atoms with van der Waals surface area (Å²) in [4.78, 5) is 0. The first kappa shape index (κ1) is 10.1. The molecule has 1 rings (SSSR count). The topological polar surface area (TPSA) is 12.0 Å². The first-order valence-electron chi connectivity index (χ1n) is 4.91. The van der Waals surface area contributed by atoms with Crippen LogP contribution >= 0.6 is 0 Å². The van der Waals surface area contributed by atoms with Crippen molar-refractivity contribution in [2.75, 3.05) is 0 Å². The molecule has 0 bridgehead atoms. The fourth-order valence-electron chi connectivity index (χ4n) is 1.59. The van der Waals surface area contributed by atoms with Crippen LogP contribution in [-0.2, 0) is 0 Å². The molecule has 0 fully saturated rings. The van der Waals surface area contributed by atoms with Crippen LogP contribution in [0.5, 0.6) is 0 Å². The lowest BCUT2D eigenvalue weighted by atomic mass is 9.89. The Hall–Kier alpha value is -0.980. The predicted molar refractivity (Wildman–Crippen MR) is 58.3 cm³/mol. The van der Waals surface area contributed by atoms with Crippen LogP contribution in [0.25, 0.3) is 0 Å². The molecule has 0 aromatic rings. The van der Waals surface area contributed by atoms with Crippen LogP contribution in [0, 0.1) is 11.8 Å². The summed E-state index contributed by atoms with van der Waals surface area (Å²) in [7, 11) is 0. The molecule has 1 aliphatic rings. The van der Waals surface area contributed by atoms with Gasteiger partial charge in [0, 0.05) is 11.7 Å². The highest BCUT2D eigenvalue weighted by molar-refractivity contribution is 5.19. The Labute approximate surface area is 81.2 Å². The van der Waals surface area contributed by atoms with Crippen molar-refractivity contribution in [1.82, 2.24) is 5.32 Å². The van der Waals surface area contributed by atoms with Crippen LogP contribution in [0.1, 0.15) is 20.8 Å². The van der Waals surface area contributed by atoms with Crippen molar-refractivity contribution in [1.29, 1.82) is 0 Å². The largest absolute Gasteiger partial charge is 0.379 e. The average Bonchev–Trinajstić information content (AvgIpc) is 2.21. The van der Waals surface area contributed by atoms with E-state index in [0.717, 1.165) is 5.70 Å². The van der Waals surface area contributed by atoms with Crippen molar-refractivity contribution in [3.05, 3.63) is 36.6 Å². The molecule has 3 unspecified atom stereocenters. The van der Waals surface area contributed by atoms with Gasteiger partial charge in [0.05, 0.1) is 0 Å². The standard InChI is InChI=1S/C12H19N/c1-5-6-12-11(4)9(2)7-8-10(3)13-12/h5-9,11-13H,3H2,1-2,4H3/b6-5-. The Bertz CT molecular complexity index is 238. The van der Waals surface area contributed by atoms with Crippen molar-refractivity contribution in [2.24, 2.45) is 11.8 Å². The molecule has 0 amide bonds. The lowest BCUT2D eigenvalue weighted by Gasteiger charge is -2.24. The van der Waals surface area contributed by atoms with E-state index in [9.17, 15) is 0 Å². The number of nitrogens with one attached hydrogen (secondary N) is 1. The molecule has 13 heavy (non-hydrogen) atoms. The van der Waals surface area contributed by atoms with Crippen LogP contribution in [0.3, 0.4) is 0 Å². The minimum atomic E-state index is 0.419. The fourth-order valence-corrected chi connectivity index (χ4v) is 1.59. The van der Waals surface area contributed by atoms with Gasteiger partial charge in [-0.2, -0.15) is 0 Å². The maximum absolute atomic E-state index is 3.94. The van der Waals surface area contributed by atoms with E-state index in [1.807, 2.05) is 0 Å². The zero-order valence-corrected chi connectivity index (χ0v) is 8.75. The molecule has 1 nitrogen and oxygen atoms in total. The van der Waals surface area contributed by atoms with Gasteiger partial charge in [0.2, 0.25) is 0 Å². The summed E-state index contributed by atoms with van der Waals surface area (Å²) in [5.41, 5.74) is 1.01. The second kappa shape index (κ2) is 4.31. The van der Waals surface area contributed by atoms with Crippen molar-refractivity contribution in [2.45, 2.75) is 26.8 Å². The molecular formula is C12H19N. The third-order valence-corrected chi connectivity index (χ3v) is 2.75. The van der Waals surface area contributed by atoms with Crippen molar-refractivity contribution in [3.63, 3.8) is 0 Å². The summed E-state index contributed by atoms with van der Waals surface area (Å²) in [5.74, 6) is 1.22. The highest BCUT2D eigenvalue weighted by atomic mass is 14.9. The average molecular weight is 177 g/mol. The van der Waals surface area contributed by atoms with Crippen LogP contribution in [-0.4, -0.2) is 6.04 Å². The number of rotatable bonds is 1. The van der Waals surface area contributed by atoms with Crippen molar-refractivity contribution >= 4 is 0 Å². The van der Waals surface area contributed by atoms with E-state index in [-0.39, 0.29) is 0 Å². The Morgan fingerprint density at radius 3 is 2.77 bits per heavy atom. The summed E-state index contributed by atoms with van der Waals surface area (Å²) in [5, 5.41) is 3.39. The fraction of sp³-hybridized carbons (Fsp3) is 0.500. The van der Waals surface area contributed by atoms with Crippen LogP contribution in [0.2, 0.25) is 0 Å². The van der Waals surface area contributed by atoms with E-state index in [1.165, 1.54) is 0 Å². The third kappa shape index (κ3) is 2.48. The molecule has 1 aliphatic heterocycles. The maximum Gasteiger partial charge on any atom is 0.0475 e. The Morgan fingerprint density at radius 2 is 2.15 bits per heavy atom. The first-order valence-corrected chi connectivity index (χ1v) is 4.91. The van der Waals surface area contributed by atoms with Gasteiger partial charge in [-0.05, 0) is 24.8 Å². The number of hydrogen-bond donors (Lipinski definition) is 1. The molecule has 0 spiro atoms. The van der Waals surface area contributed by atoms with E-state index < -0.39 is 0 Å². The Balaban J connectivity index is 2.79. The normalized spacial score (nSPS) is 34.7. The van der Waals surface area contributed by atoms with Crippen molar-refractivity contribution in [3.8, 4) is 0 Å². The molecule has 0 saturated carbocycles. The molecule has 1 heteroatoms. The highest BCUT2D eigenvalue weighted by Crippen LogP contribution is 2.21. The quantitative estimate of drug-likeness (QED) is 0.607. The highest BCUT2D eigenvalue weighted by Gasteiger charge is 2.20. The minimum Gasteiger partial charge on any atom is -0.379 e. The van der Waals surface area contributed by atoms with Gasteiger partial charge in [0.15, 0.2) is 0 Å². The smallest absolute Gasteiger partial charge is 0.0475 e. The van der Waals surface area contributed by atoms with Gasteiger partial charge < -0.3 is 5.32 Å².